The molecule has 0 bridgehead atoms. The van der Waals surface area contributed by atoms with Crippen molar-refractivity contribution < 1.29 is 29.0 Å². The number of rotatable bonds is 7. The third-order valence-electron chi connectivity index (χ3n) is 5.64. The maximum Gasteiger partial charge on any atom is 0.338 e. The topological polar surface area (TPSA) is 101 Å². The molecule has 2 atom stereocenters. The molecule has 33 heavy (non-hydrogen) atoms. The van der Waals surface area contributed by atoms with E-state index in [1.165, 1.54) is 24.3 Å². The molecule has 0 unspecified atom stereocenters. The minimum atomic E-state index is -1.10. The first kappa shape index (κ1) is 22.0. The van der Waals surface area contributed by atoms with Gasteiger partial charge in [-0.3, -0.25) is 14.5 Å². The van der Waals surface area contributed by atoms with Crippen LogP contribution in [0.4, 0.5) is 0 Å². The standard InChI is InChI=1S/C26H21NO6/c28-23(18-9-5-2-6-10-18)27-22(21(24(27)29)15-17-7-3-1-4-8-17)16-33-26(32)20-13-11-19(12-14-20)25(30)31/h1-14,21-22H,15-16H2,(H,30,31)/t21-,22+/m1/s1. The first-order chi connectivity index (χ1) is 16.0. The number of ether oxygens (including phenoxy) is 1. The highest BCUT2D eigenvalue weighted by Gasteiger charge is 2.51. The number of nitrogens with zero attached hydrogens (tertiary/aromatic N) is 1. The van der Waals surface area contributed by atoms with Crippen molar-refractivity contribution in [2.24, 2.45) is 5.92 Å². The summed E-state index contributed by atoms with van der Waals surface area (Å²) in [6, 6.07) is 22.7. The maximum atomic E-state index is 13.0. The van der Waals surface area contributed by atoms with Crippen molar-refractivity contribution in [3.05, 3.63) is 107 Å². The van der Waals surface area contributed by atoms with Crippen LogP contribution in [0.2, 0.25) is 0 Å². The fraction of sp³-hybridized carbons (Fsp3) is 0.154. The predicted octanol–water partition coefficient (Wildman–Crippen LogP) is 3.45. The minimum Gasteiger partial charge on any atom is -0.478 e. The number of carbonyl (C=O) groups is 4. The normalized spacial score (nSPS) is 17.2. The number of aromatic carboxylic acids is 1. The molecule has 0 spiro atoms. The zero-order valence-electron chi connectivity index (χ0n) is 17.6. The number of benzene rings is 3. The quantitative estimate of drug-likeness (QED) is 0.341. The Balaban J connectivity index is 1.50. The second kappa shape index (κ2) is 9.48. The second-order valence-electron chi connectivity index (χ2n) is 7.72. The van der Waals surface area contributed by atoms with Crippen LogP contribution in [0, 0.1) is 5.92 Å². The van der Waals surface area contributed by atoms with Gasteiger partial charge in [-0.2, -0.15) is 0 Å². The van der Waals surface area contributed by atoms with Gasteiger partial charge in [-0.05, 0) is 48.4 Å². The Kier molecular flexibility index (Phi) is 6.31. The van der Waals surface area contributed by atoms with E-state index in [1.54, 1.807) is 30.3 Å². The minimum absolute atomic E-state index is 0.0543. The number of imide groups is 1. The van der Waals surface area contributed by atoms with Gasteiger partial charge in [0.05, 0.1) is 23.1 Å². The Morgan fingerprint density at radius 3 is 1.97 bits per heavy atom. The maximum absolute atomic E-state index is 13.0. The largest absolute Gasteiger partial charge is 0.478 e. The van der Waals surface area contributed by atoms with Crippen molar-refractivity contribution in [2.75, 3.05) is 6.61 Å². The number of hydrogen-bond acceptors (Lipinski definition) is 5. The molecule has 4 rings (SSSR count). The van der Waals surface area contributed by atoms with Gasteiger partial charge in [0.15, 0.2) is 0 Å². The number of hydrogen-bond donors (Lipinski definition) is 1. The van der Waals surface area contributed by atoms with E-state index in [-0.39, 0.29) is 23.6 Å². The lowest BCUT2D eigenvalue weighted by molar-refractivity contribution is -0.153. The molecule has 0 radical (unpaired) electrons. The first-order valence-electron chi connectivity index (χ1n) is 10.4. The van der Waals surface area contributed by atoms with Gasteiger partial charge < -0.3 is 9.84 Å². The van der Waals surface area contributed by atoms with Crippen molar-refractivity contribution in [3.63, 3.8) is 0 Å². The Bertz CT molecular complexity index is 1170. The molecule has 3 aromatic carbocycles. The molecule has 166 valence electrons. The molecule has 7 nitrogen and oxygen atoms in total. The van der Waals surface area contributed by atoms with Crippen molar-refractivity contribution >= 4 is 23.8 Å². The Labute approximate surface area is 190 Å². The van der Waals surface area contributed by atoms with Gasteiger partial charge in [0.2, 0.25) is 5.91 Å². The number of carboxylic acids is 1. The summed E-state index contributed by atoms with van der Waals surface area (Å²) in [6.45, 7) is -0.151. The van der Waals surface area contributed by atoms with Crippen molar-refractivity contribution in [2.45, 2.75) is 12.5 Å². The van der Waals surface area contributed by atoms with Crippen LogP contribution in [0.15, 0.2) is 84.9 Å². The Morgan fingerprint density at radius 2 is 1.36 bits per heavy atom. The van der Waals surface area contributed by atoms with E-state index in [0.717, 1.165) is 10.5 Å². The lowest BCUT2D eigenvalue weighted by Crippen LogP contribution is -2.65. The van der Waals surface area contributed by atoms with E-state index in [0.29, 0.717) is 12.0 Å². The molecule has 1 fully saturated rings. The summed E-state index contributed by atoms with van der Waals surface area (Å²) in [6.07, 6.45) is 0.424. The smallest absolute Gasteiger partial charge is 0.338 e. The Morgan fingerprint density at radius 1 is 0.788 bits per heavy atom. The highest BCUT2D eigenvalue weighted by molar-refractivity contribution is 6.09. The molecule has 0 saturated carbocycles. The fourth-order valence-corrected chi connectivity index (χ4v) is 3.85. The van der Waals surface area contributed by atoms with Gasteiger partial charge in [0.25, 0.3) is 5.91 Å². The van der Waals surface area contributed by atoms with E-state index in [4.69, 9.17) is 9.84 Å². The Hall–Kier alpha value is -4.26. The number of amides is 2. The molecule has 1 aliphatic rings. The molecule has 0 aliphatic carbocycles. The van der Waals surface area contributed by atoms with E-state index < -0.39 is 29.8 Å². The molecule has 7 heteroatoms. The summed E-state index contributed by atoms with van der Waals surface area (Å²) in [5.74, 6) is -2.99. The third kappa shape index (κ3) is 4.67. The monoisotopic (exact) mass is 443 g/mol. The molecule has 2 amide bonds. The van der Waals surface area contributed by atoms with Crippen molar-refractivity contribution in [3.8, 4) is 0 Å². The van der Waals surface area contributed by atoms with Crippen molar-refractivity contribution in [1.82, 2.24) is 4.90 Å². The van der Waals surface area contributed by atoms with E-state index in [2.05, 4.69) is 0 Å². The molecule has 3 aromatic rings. The van der Waals surface area contributed by atoms with Crippen LogP contribution in [-0.4, -0.2) is 46.4 Å². The zero-order valence-corrected chi connectivity index (χ0v) is 17.6. The molecular formula is C26H21NO6. The van der Waals surface area contributed by atoms with Crippen LogP contribution < -0.4 is 0 Å². The number of esters is 1. The van der Waals surface area contributed by atoms with Gasteiger partial charge in [-0.15, -0.1) is 0 Å². The fourth-order valence-electron chi connectivity index (χ4n) is 3.85. The summed E-state index contributed by atoms with van der Waals surface area (Å²) >= 11 is 0. The molecule has 1 saturated heterocycles. The highest BCUT2D eigenvalue weighted by Crippen LogP contribution is 2.32. The summed E-state index contributed by atoms with van der Waals surface area (Å²) in [7, 11) is 0. The SMILES string of the molecule is O=C(O)c1ccc(C(=O)OC[C@H]2[C@@H](Cc3ccccc3)C(=O)N2C(=O)c2ccccc2)cc1. The molecule has 0 aromatic heterocycles. The summed E-state index contributed by atoms with van der Waals surface area (Å²) < 4.78 is 5.43. The van der Waals surface area contributed by atoms with Crippen LogP contribution >= 0.6 is 0 Å². The van der Waals surface area contributed by atoms with Crippen LogP contribution in [0.25, 0.3) is 0 Å². The molecule has 1 aliphatic heterocycles. The number of carboxylic acid groups (broad SMARTS) is 1. The van der Waals surface area contributed by atoms with Crippen LogP contribution in [0.1, 0.15) is 36.6 Å². The molecule has 1 heterocycles. The lowest BCUT2D eigenvalue weighted by atomic mass is 9.82. The van der Waals surface area contributed by atoms with Gasteiger partial charge in [0, 0.05) is 5.56 Å². The number of β-lactam (4-membered cyclic amide) rings is 1. The van der Waals surface area contributed by atoms with Gasteiger partial charge in [-0.1, -0.05) is 48.5 Å². The summed E-state index contributed by atoms with van der Waals surface area (Å²) in [5, 5.41) is 8.99. The number of likely N-dealkylation sites (tertiary alicyclic amines) is 1. The van der Waals surface area contributed by atoms with Crippen molar-refractivity contribution in [1.29, 1.82) is 0 Å². The van der Waals surface area contributed by atoms with Crippen LogP contribution in [0.5, 0.6) is 0 Å². The second-order valence-corrected chi connectivity index (χ2v) is 7.72. The van der Waals surface area contributed by atoms with Gasteiger partial charge in [0.1, 0.15) is 6.61 Å². The number of carbonyl (C=O) groups excluding carboxylic acids is 3. The molecular weight excluding hydrogens is 422 g/mol. The zero-order chi connectivity index (χ0) is 23.4. The molecule has 1 N–H and O–H groups in total. The van der Waals surface area contributed by atoms with Gasteiger partial charge in [-0.25, -0.2) is 9.59 Å². The highest BCUT2D eigenvalue weighted by atomic mass is 16.5. The van der Waals surface area contributed by atoms with Gasteiger partial charge >= 0.3 is 11.9 Å². The van der Waals surface area contributed by atoms with Crippen LogP contribution in [0.3, 0.4) is 0 Å². The lowest BCUT2D eigenvalue weighted by Gasteiger charge is -2.45. The van der Waals surface area contributed by atoms with E-state index >= 15 is 0 Å². The van der Waals surface area contributed by atoms with E-state index in [1.807, 2.05) is 30.3 Å². The average Bonchev–Trinajstić information content (AvgIpc) is 2.85. The van der Waals surface area contributed by atoms with Crippen LogP contribution in [-0.2, 0) is 16.0 Å². The predicted molar refractivity (Wildman–Crippen MR) is 119 cm³/mol. The first-order valence-corrected chi connectivity index (χ1v) is 10.4. The van der Waals surface area contributed by atoms with E-state index in [9.17, 15) is 19.2 Å². The summed E-state index contributed by atoms with van der Waals surface area (Å²) in [4.78, 5) is 50.5. The average molecular weight is 443 g/mol. The third-order valence-corrected chi connectivity index (χ3v) is 5.64. The summed E-state index contributed by atoms with van der Waals surface area (Å²) in [5.41, 5.74) is 1.57.